The molecule has 2 aromatic rings. The first-order valence-electron chi connectivity index (χ1n) is 14.2. The highest BCUT2D eigenvalue weighted by Gasteiger charge is 2.52. The Morgan fingerprint density at radius 3 is 2.29 bits per heavy atom. The van der Waals surface area contributed by atoms with Crippen LogP contribution in [0.25, 0.3) is 0 Å². The fraction of sp³-hybridized carbons (Fsp3) is 0.548. The van der Waals surface area contributed by atoms with Crippen LogP contribution in [0, 0.1) is 17.6 Å². The molecule has 2 atom stereocenters. The fourth-order valence-corrected chi connectivity index (χ4v) is 5.77. The van der Waals surface area contributed by atoms with Gasteiger partial charge >= 0.3 is 6.09 Å². The van der Waals surface area contributed by atoms with Crippen molar-refractivity contribution in [1.82, 2.24) is 9.80 Å². The van der Waals surface area contributed by atoms with Crippen molar-refractivity contribution in [3.05, 3.63) is 64.7 Å². The van der Waals surface area contributed by atoms with Crippen LogP contribution in [0.4, 0.5) is 13.6 Å². The summed E-state index contributed by atoms with van der Waals surface area (Å²) in [7, 11) is 4.65. The predicted octanol–water partition coefficient (Wildman–Crippen LogP) is 4.60. The van der Waals surface area contributed by atoms with Crippen molar-refractivity contribution >= 4 is 12.0 Å². The number of piperidine rings is 1. The smallest absolute Gasteiger partial charge is 0.407 e. The summed E-state index contributed by atoms with van der Waals surface area (Å²) < 4.78 is 50.9. The number of carbonyl (C=O) groups is 2. The molecule has 2 aromatic carbocycles. The highest BCUT2D eigenvalue weighted by Crippen LogP contribution is 2.44. The summed E-state index contributed by atoms with van der Waals surface area (Å²) in [6, 6.07) is 8.96. The summed E-state index contributed by atoms with van der Waals surface area (Å²) in [6.07, 6.45) is 2.09. The molecule has 0 spiro atoms. The van der Waals surface area contributed by atoms with Crippen molar-refractivity contribution in [2.24, 2.45) is 5.92 Å². The normalized spacial score (nSPS) is 20.4. The molecule has 2 aliphatic rings. The van der Waals surface area contributed by atoms with Crippen LogP contribution in [0.15, 0.2) is 36.4 Å². The zero-order chi connectivity index (χ0) is 30.3. The highest BCUT2D eigenvalue weighted by molar-refractivity contribution is 5.82. The molecular formula is C31H40F2N2O7. The van der Waals surface area contributed by atoms with E-state index in [0.717, 1.165) is 55.0 Å². The minimum absolute atomic E-state index is 0.0356. The molecule has 1 aliphatic carbocycles. The van der Waals surface area contributed by atoms with Gasteiger partial charge in [-0.2, -0.15) is 0 Å². The van der Waals surface area contributed by atoms with Gasteiger partial charge in [-0.05, 0) is 73.1 Å². The van der Waals surface area contributed by atoms with Crippen LogP contribution in [-0.4, -0.2) is 87.2 Å². The quantitative estimate of drug-likeness (QED) is 0.321. The van der Waals surface area contributed by atoms with Crippen molar-refractivity contribution in [2.45, 2.75) is 50.3 Å². The Kier molecular flexibility index (Phi) is 10.7. The molecule has 9 nitrogen and oxygen atoms in total. The molecule has 0 radical (unpaired) electrons. The van der Waals surface area contributed by atoms with Crippen LogP contribution < -0.4 is 4.74 Å². The molecule has 230 valence electrons. The molecule has 11 heteroatoms. The lowest BCUT2D eigenvalue weighted by Gasteiger charge is -2.47. The lowest BCUT2D eigenvalue weighted by atomic mass is 9.74. The van der Waals surface area contributed by atoms with Crippen LogP contribution in [0.2, 0.25) is 0 Å². The van der Waals surface area contributed by atoms with Crippen LogP contribution in [0.3, 0.4) is 0 Å². The van der Waals surface area contributed by atoms with E-state index in [1.165, 1.54) is 12.0 Å². The number of carbonyl (C=O) groups excluding carboxylic acids is 1. The van der Waals surface area contributed by atoms with E-state index in [2.05, 4.69) is 0 Å². The standard InChI is InChI=1S/C31H40F2N2O7/c1-39-10-4-5-21-13-22(15-27(14-21)42-12-11-40-2)19-35(26-6-7-26)29(36)28-20-34(30(37)38)9-8-31(28,41-3)23-16-24(32)18-25(33)17-23/h13-18,26,28H,4-12,19-20H2,1-3H3,(H,37,38)/t28-,31+/m1/s1. The van der Waals surface area contributed by atoms with Gasteiger partial charge in [0.25, 0.3) is 0 Å². The van der Waals surface area contributed by atoms with E-state index in [4.69, 9.17) is 18.9 Å². The first-order valence-corrected chi connectivity index (χ1v) is 14.2. The van der Waals surface area contributed by atoms with E-state index in [0.29, 0.717) is 25.6 Å². The van der Waals surface area contributed by atoms with Crippen LogP contribution in [0.1, 0.15) is 42.4 Å². The summed E-state index contributed by atoms with van der Waals surface area (Å²) in [6.45, 7) is 1.57. The number of methoxy groups -OCH3 is 3. The largest absolute Gasteiger partial charge is 0.491 e. The Bertz CT molecular complexity index is 1190. The number of amides is 2. The molecular weight excluding hydrogens is 550 g/mol. The summed E-state index contributed by atoms with van der Waals surface area (Å²) in [5, 5.41) is 9.78. The molecule has 0 bridgehead atoms. The first kappa shape index (κ1) is 31.7. The molecule has 2 fully saturated rings. The number of benzene rings is 2. The van der Waals surface area contributed by atoms with E-state index in [-0.39, 0.29) is 43.6 Å². The maximum Gasteiger partial charge on any atom is 0.407 e. The van der Waals surface area contributed by atoms with Gasteiger partial charge in [-0.25, -0.2) is 13.6 Å². The second-order valence-corrected chi connectivity index (χ2v) is 10.9. The third kappa shape index (κ3) is 7.56. The van der Waals surface area contributed by atoms with Gasteiger partial charge in [0.1, 0.15) is 29.6 Å². The maximum atomic E-state index is 14.4. The SMILES string of the molecule is COCCCc1cc(CN(C(=O)[C@H]2CN(C(=O)O)CC[C@]2(OC)c2cc(F)cc(F)c2)C2CC2)cc(OCCOC)c1. The maximum absolute atomic E-state index is 14.4. The van der Waals surface area contributed by atoms with Gasteiger partial charge in [-0.15, -0.1) is 0 Å². The van der Waals surface area contributed by atoms with Crippen LogP contribution in [0.5, 0.6) is 5.75 Å². The van der Waals surface area contributed by atoms with Crippen molar-refractivity contribution < 1.29 is 42.4 Å². The van der Waals surface area contributed by atoms with E-state index >= 15 is 0 Å². The van der Waals surface area contributed by atoms with Gasteiger partial charge in [0, 0.05) is 59.7 Å². The first-order chi connectivity index (χ1) is 20.2. The molecule has 2 amide bonds. The molecule has 1 heterocycles. The third-order valence-electron chi connectivity index (χ3n) is 8.02. The lowest BCUT2D eigenvalue weighted by molar-refractivity contribution is -0.160. The van der Waals surface area contributed by atoms with Crippen LogP contribution >= 0.6 is 0 Å². The number of hydrogen-bond donors (Lipinski definition) is 1. The number of ether oxygens (including phenoxy) is 4. The lowest BCUT2D eigenvalue weighted by Crippen LogP contribution is -2.58. The van der Waals surface area contributed by atoms with Gasteiger partial charge < -0.3 is 33.9 Å². The van der Waals surface area contributed by atoms with Gasteiger partial charge in [0.2, 0.25) is 5.91 Å². The molecule has 42 heavy (non-hydrogen) atoms. The molecule has 1 saturated carbocycles. The number of halogens is 2. The van der Waals surface area contributed by atoms with Crippen molar-refractivity contribution in [3.63, 3.8) is 0 Å². The third-order valence-corrected chi connectivity index (χ3v) is 8.02. The minimum Gasteiger partial charge on any atom is -0.491 e. The van der Waals surface area contributed by atoms with E-state index in [1.54, 1.807) is 19.1 Å². The number of likely N-dealkylation sites (tertiary alicyclic amines) is 1. The topological polar surface area (TPSA) is 97.8 Å². The molecule has 4 rings (SSSR count). The van der Waals surface area contributed by atoms with Crippen molar-refractivity contribution in [1.29, 1.82) is 0 Å². The number of nitrogens with zero attached hydrogens (tertiary/aromatic N) is 2. The molecule has 0 aromatic heterocycles. The van der Waals surface area contributed by atoms with Gasteiger partial charge in [0.05, 0.1) is 12.5 Å². The van der Waals surface area contributed by atoms with Crippen molar-refractivity contribution in [2.75, 3.05) is 54.2 Å². The summed E-state index contributed by atoms with van der Waals surface area (Å²) in [5.41, 5.74) is 0.672. The van der Waals surface area contributed by atoms with E-state index in [1.807, 2.05) is 18.2 Å². The number of hydrogen-bond acceptors (Lipinski definition) is 6. The monoisotopic (exact) mass is 590 g/mol. The van der Waals surface area contributed by atoms with Crippen molar-refractivity contribution in [3.8, 4) is 5.75 Å². The van der Waals surface area contributed by atoms with E-state index < -0.39 is 29.2 Å². The Balaban J connectivity index is 1.68. The Morgan fingerprint density at radius 1 is 0.976 bits per heavy atom. The zero-order valence-corrected chi connectivity index (χ0v) is 24.4. The molecule has 1 N–H and O–H groups in total. The summed E-state index contributed by atoms with van der Waals surface area (Å²) in [5.74, 6) is -2.26. The Labute approximate surface area is 245 Å². The van der Waals surface area contributed by atoms with Gasteiger partial charge in [-0.1, -0.05) is 6.07 Å². The number of aryl methyl sites for hydroxylation is 1. The molecule has 1 saturated heterocycles. The Morgan fingerprint density at radius 2 is 1.67 bits per heavy atom. The average Bonchev–Trinajstić information content (AvgIpc) is 3.80. The van der Waals surface area contributed by atoms with Gasteiger partial charge in [-0.3, -0.25) is 4.79 Å². The molecule has 1 aliphatic heterocycles. The Hall–Kier alpha value is -3.28. The van der Waals surface area contributed by atoms with E-state index in [9.17, 15) is 23.5 Å². The van der Waals surface area contributed by atoms with Gasteiger partial charge in [0.15, 0.2) is 0 Å². The second kappa shape index (κ2) is 14.3. The second-order valence-electron chi connectivity index (χ2n) is 10.9. The minimum atomic E-state index is -1.41. The highest BCUT2D eigenvalue weighted by atomic mass is 19.1. The number of carboxylic acid groups (broad SMARTS) is 1. The fourth-order valence-electron chi connectivity index (χ4n) is 5.77. The molecule has 0 unspecified atom stereocenters. The number of rotatable bonds is 14. The zero-order valence-electron chi connectivity index (χ0n) is 24.4. The predicted molar refractivity (Wildman–Crippen MR) is 150 cm³/mol. The summed E-state index contributed by atoms with van der Waals surface area (Å²) >= 11 is 0. The average molecular weight is 591 g/mol. The summed E-state index contributed by atoms with van der Waals surface area (Å²) in [4.78, 5) is 29.3. The van der Waals surface area contributed by atoms with Crippen LogP contribution in [-0.2, 0) is 37.6 Å².